The molecule has 0 atom stereocenters. The number of hydrogen-bond donors (Lipinski definition) is 0. The molecule has 0 aliphatic carbocycles. The molecule has 1 aliphatic rings. The van der Waals surface area contributed by atoms with Crippen LogP contribution in [0.4, 0.5) is 23.2 Å². The largest absolute Gasteiger partial charge is 0.398 e. The highest BCUT2D eigenvalue weighted by atomic mass is 79.9. The predicted octanol–water partition coefficient (Wildman–Crippen LogP) is 5.51. The van der Waals surface area contributed by atoms with Gasteiger partial charge in [-0.25, -0.2) is 4.39 Å². The summed E-state index contributed by atoms with van der Waals surface area (Å²) in [6, 6.07) is 9.86. The van der Waals surface area contributed by atoms with Gasteiger partial charge in [-0.15, -0.1) is 11.8 Å². The maximum absolute atomic E-state index is 14.5. The molecule has 1 aliphatic heterocycles. The van der Waals surface area contributed by atoms with Crippen molar-refractivity contribution in [2.75, 3.05) is 36.8 Å². The predicted molar refractivity (Wildman–Crippen MR) is 110 cm³/mol. The van der Waals surface area contributed by atoms with Crippen molar-refractivity contribution in [2.45, 2.75) is 18.0 Å². The summed E-state index contributed by atoms with van der Waals surface area (Å²) in [5.74, 6) is -1.59. The second-order valence-electron chi connectivity index (χ2n) is 6.76. The number of alkyl halides is 3. The van der Waals surface area contributed by atoms with Gasteiger partial charge in [-0.1, -0.05) is 22.0 Å². The molecule has 0 saturated carbocycles. The van der Waals surface area contributed by atoms with Crippen molar-refractivity contribution < 1.29 is 22.4 Å². The Kier molecular flexibility index (Phi) is 6.78. The Morgan fingerprint density at radius 2 is 1.83 bits per heavy atom. The second-order valence-corrected chi connectivity index (χ2v) is 8.70. The quantitative estimate of drug-likeness (QED) is 0.416. The third-order valence-electron chi connectivity index (χ3n) is 4.61. The fourth-order valence-electron chi connectivity index (χ4n) is 3.15. The number of carbonyl (C=O) groups is 1. The van der Waals surface area contributed by atoms with Crippen LogP contribution in [-0.4, -0.2) is 48.9 Å². The zero-order chi connectivity index (χ0) is 21.2. The minimum Gasteiger partial charge on any atom is -0.366 e. The summed E-state index contributed by atoms with van der Waals surface area (Å²) in [4.78, 5) is 16.5. The first-order valence-corrected chi connectivity index (χ1v) is 10.7. The first kappa shape index (κ1) is 22.0. The summed E-state index contributed by atoms with van der Waals surface area (Å²) in [6.07, 6.45) is -4.29. The number of anilines is 1. The third-order valence-corrected chi connectivity index (χ3v) is 6.33. The summed E-state index contributed by atoms with van der Waals surface area (Å²) in [5.41, 5.74) is 1.32. The maximum atomic E-state index is 14.5. The van der Waals surface area contributed by atoms with Crippen LogP contribution in [0.25, 0.3) is 0 Å². The van der Waals surface area contributed by atoms with Gasteiger partial charge in [0.1, 0.15) is 5.82 Å². The molecule has 1 heterocycles. The molecule has 3 nitrogen and oxygen atoms in total. The summed E-state index contributed by atoms with van der Waals surface area (Å²) < 4.78 is 52.9. The molecule has 2 aromatic rings. The van der Waals surface area contributed by atoms with E-state index in [0.29, 0.717) is 54.0 Å². The number of thioether (sulfide) groups is 1. The van der Waals surface area contributed by atoms with Gasteiger partial charge in [-0.3, -0.25) is 4.79 Å². The van der Waals surface area contributed by atoms with Gasteiger partial charge in [0.15, 0.2) is 0 Å². The lowest BCUT2D eigenvalue weighted by Gasteiger charge is -2.36. The number of halogens is 5. The Morgan fingerprint density at radius 1 is 1.14 bits per heavy atom. The second kappa shape index (κ2) is 8.95. The number of amides is 1. The number of piperazine rings is 1. The van der Waals surface area contributed by atoms with E-state index in [2.05, 4.69) is 15.9 Å². The molecule has 0 aromatic heterocycles. The van der Waals surface area contributed by atoms with Crippen molar-refractivity contribution in [3.05, 3.63) is 57.8 Å². The van der Waals surface area contributed by atoms with E-state index >= 15 is 0 Å². The van der Waals surface area contributed by atoms with Gasteiger partial charge in [-0.05, 0) is 42.8 Å². The van der Waals surface area contributed by atoms with E-state index < -0.39 is 17.7 Å². The number of hydrogen-bond acceptors (Lipinski definition) is 3. The fourth-order valence-corrected chi connectivity index (χ4v) is 4.35. The Labute approximate surface area is 179 Å². The van der Waals surface area contributed by atoms with Crippen LogP contribution in [-0.2, 0) is 0 Å². The van der Waals surface area contributed by atoms with E-state index in [-0.39, 0.29) is 11.6 Å². The van der Waals surface area contributed by atoms with Gasteiger partial charge >= 0.3 is 6.18 Å². The number of aryl methyl sites for hydroxylation is 1. The average molecular weight is 491 g/mol. The molecule has 0 spiro atoms. The number of benzene rings is 2. The third kappa shape index (κ3) is 5.66. The summed E-state index contributed by atoms with van der Waals surface area (Å²) in [7, 11) is 0. The zero-order valence-corrected chi connectivity index (χ0v) is 18.0. The average Bonchev–Trinajstić information content (AvgIpc) is 2.66. The van der Waals surface area contributed by atoms with Crippen molar-refractivity contribution in [3.8, 4) is 0 Å². The summed E-state index contributed by atoms with van der Waals surface area (Å²) in [5, 5.41) is 0. The molecule has 2 aromatic carbocycles. The van der Waals surface area contributed by atoms with E-state index in [4.69, 9.17) is 0 Å². The highest BCUT2D eigenvalue weighted by molar-refractivity contribution is 9.10. The molecule has 1 fully saturated rings. The van der Waals surface area contributed by atoms with Crippen molar-refractivity contribution in [1.82, 2.24) is 4.90 Å². The number of nitrogens with zero attached hydrogens (tertiary/aromatic N) is 2. The van der Waals surface area contributed by atoms with Crippen LogP contribution >= 0.6 is 27.7 Å². The molecule has 156 valence electrons. The maximum Gasteiger partial charge on any atom is 0.398 e. The Balaban J connectivity index is 1.69. The molecule has 1 amide bonds. The van der Waals surface area contributed by atoms with Crippen LogP contribution in [0.1, 0.15) is 15.9 Å². The smallest absolute Gasteiger partial charge is 0.366 e. The van der Waals surface area contributed by atoms with E-state index in [1.54, 1.807) is 34.9 Å². The first-order chi connectivity index (χ1) is 13.6. The standard InChI is InChI=1S/C20H19BrF4N2OS/c1-13-9-16(22)17(11-18(13)29-12-20(23,24)25)26-5-7-27(8-6-26)19(28)14-3-2-4-15(21)10-14/h2-4,9-11H,5-8,12H2,1H3. The van der Waals surface area contributed by atoms with Gasteiger partial charge in [0, 0.05) is 41.1 Å². The van der Waals surface area contributed by atoms with Gasteiger partial charge < -0.3 is 9.80 Å². The van der Waals surface area contributed by atoms with Gasteiger partial charge in [0.05, 0.1) is 11.4 Å². The van der Waals surface area contributed by atoms with Crippen molar-refractivity contribution in [1.29, 1.82) is 0 Å². The lowest BCUT2D eigenvalue weighted by atomic mass is 10.1. The minimum atomic E-state index is -4.29. The van der Waals surface area contributed by atoms with E-state index in [1.165, 1.54) is 12.1 Å². The summed E-state index contributed by atoms with van der Waals surface area (Å²) >= 11 is 4.00. The molecular weight excluding hydrogens is 472 g/mol. The topological polar surface area (TPSA) is 23.6 Å². The Hall–Kier alpha value is -1.74. The van der Waals surface area contributed by atoms with Crippen LogP contribution in [0.15, 0.2) is 45.8 Å². The highest BCUT2D eigenvalue weighted by Gasteiger charge is 2.28. The normalized spacial score (nSPS) is 15.0. The highest BCUT2D eigenvalue weighted by Crippen LogP contribution is 2.34. The summed E-state index contributed by atoms with van der Waals surface area (Å²) in [6.45, 7) is 3.22. The molecule has 9 heteroatoms. The monoisotopic (exact) mass is 490 g/mol. The van der Waals surface area contributed by atoms with Crippen LogP contribution in [0, 0.1) is 12.7 Å². The van der Waals surface area contributed by atoms with Gasteiger partial charge in [0.25, 0.3) is 5.91 Å². The number of carbonyl (C=O) groups excluding carboxylic acids is 1. The van der Waals surface area contributed by atoms with E-state index in [9.17, 15) is 22.4 Å². The number of rotatable bonds is 4. The van der Waals surface area contributed by atoms with Crippen LogP contribution in [0.3, 0.4) is 0 Å². The molecule has 0 unspecified atom stereocenters. The van der Waals surface area contributed by atoms with Crippen LogP contribution < -0.4 is 4.90 Å². The zero-order valence-electron chi connectivity index (χ0n) is 15.6. The molecule has 0 radical (unpaired) electrons. The van der Waals surface area contributed by atoms with E-state index in [0.717, 1.165) is 4.47 Å². The molecule has 29 heavy (non-hydrogen) atoms. The molecule has 0 N–H and O–H groups in total. The van der Waals surface area contributed by atoms with Crippen LogP contribution in [0.2, 0.25) is 0 Å². The Bertz CT molecular complexity index is 899. The lowest BCUT2D eigenvalue weighted by molar-refractivity contribution is -0.105. The molecule has 3 rings (SSSR count). The van der Waals surface area contributed by atoms with E-state index in [1.807, 2.05) is 6.07 Å². The van der Waals surface area contributed by atoms with Crippen LogP contribution in [0.5, 0.6) is 0 Å². The van der Waals surface area contributed by atoms with Crippen molar-refractivity contribution >= 4 is 39.3 Å². The van der Waals surface area contributed by atoms with Crippen molar-refractivity contribution in [3.63, 3.8) is 0 Å². The van der Waals surface area contributed by atoms with Gasteiger partial charge in [0.2, 0.25) is 0 Å². The van der Waals surface area contributed by atoms with Crippen molar-refractivity contribution in [2.24, 2.45) is 0 Å². The molecule has 0 bridgehead atoms. The lowest BCUT2D eigenvalue weighted by Crippen LogP contribution is -2.49. The SMILES string of the molecule is Cc1cc(F)c(N2CCN(C(=O)c3cccc(Br)c3)CC2)cc1SCC(F)(F)F. The molecular formula is C20H19BrF4N2OS. The first-order valence-electron chi connectivity index (χ1n) is 8.93. The molecule has 1 saturated heterocycles. The Morgan fingerprint density at radius 3 is 2.45 bits per heavy atom. The van der Waals surface area contributed by atoms with Gasteiger partial charge in [-0.2, -0.15) is 13.2 Å². The minimum absolute atomic E-state index is 0.100. The fraction of sp³-hybridized carbons (Fsp3) is 0.350.